The number of hydrogen-bond donors (Lipinski definition) is 8. The molecule has 0 saturated heterocycles. The zero-order valence-electron chi connectivity index (χ0n) is 15.1. The van der Waals surface area contributed by atoms with Crippen LogP contribution in [0.5, 0.6) is 0 Å². The van der Waals surface area contributed by atoms with Gasteiger partial charge in [-0.25, -0.2) is 9.78 Å². The van der Waals surface area contributed by atoms with Crippen molar-refractivity contribution in [1.29, 1.82) is 0 Å². The zero-order valence-corrected chi connectivity index (χ0v) is 16.0. The summed E-state index contributed by atoms with van der Waals surface area (Å²) in [4.78, 5) is 64.5. The van der Waals surface area contributed by atoms with Crippen molar-refractivity contribution < 1.29 is 34.2 Å². The molecular weight excluding hydrogens is 408 g/mol. The molecule has 1 heterocycles. The lowest BCUT2D eigenvalue weighted by molar-refractivity contribution is -0.142. The third-order valence-corrected chi connectivity index (χ3v) is 3.97. The number of nitrogens with two attached hydrogens (primary N) is 1. The Morgan fingerprint density at radius 3 is 2.34 bits per heavy atom. The molecule has 3 unspecified atom stereocenters. The average molecular weight is 430 g/mol. The number of carboxylic acids is 2. The molecule has 0 saturated carbocycles. The molecule has 1 aromatic rings. The number of carboxylic acid groups (broad SMARTS) is 2. The number of carbonyl (C=O) groups is 5. The van der Waals surface area contributed by atoms with Crippen LogP contribution in [0.25, 0.3) is 0 Å². The van der Waals surface area contributed by atoms with Gasteiger partial charge in [-0.05, 0) is 0 Å². The van der Waals surface area contributed by atoms with Crippen LogP contribution < -0.4 is 21.7 Å². The van der Waals surface area contributed by atoms with Gasteiger partial charge in [0.1, 0.15) is 12.1 Å². The van der Waals surface area contributed by atoms with E-state index in [9.17, 15) is 29.1 Å². The highest BCUT2D eigenvalue weighted by molar-refractivity contribution is 7.80. The van der Waals surface area contributed by atoms with E-state index in [0.717, 1.165) is 0 Å². The number of carbonyl (C=O) groups excluding carboxylic acids is 3. The van der Waals surface area contributed by atoms with E-state index in [-0.39, 0.29) is 12.2 Å². The lowest BCUT2D eigenvalue weighted by atomic mass is 10.1. The standard InChI is InChI=1S/C15H22N6O7S/c16-8(5-29)13(25)21-9(2-12(23)24)14(26)18-4-11(22)20-10(15(27)28)1-7-3-17-6-19-7/h3,6,8-10,29H,1-2,4-5,16H2,(H,17,19)(H,18,26)(H,20,22)(H,21,25)(H,23,24)(H,27,28). The van der Waals surface area contributed by atoms with Crippen LogP contribution in [0.15, 0.2) is 12.5 Å². The molecule has 29 heavy (non-hydrogen) atoms. The number of H-pyrrole nitrogens is 1. The molecule has 8 N–H and O–H groups in total. The fourth-order valence-corrected chi connectivity index (χ4v) is 2.26. The monoisotopic (exact) mass is 430 g/mol. The summed E-state index contributed by atoms with van der Waals surface area (Å²) in [5, 5.41) is 24.6. The maximum atomic E-state index is 12.1. The molecule has 0 fully saturated rings. The zero-order chi connectivity index (χ0) is 22.0. The van der Waals surface area contributed by atoms with Gasteiger partial charge in [0.15, 0.2) is 0 Å². The minimum absolute atomic E-state index is 0.0252. The Bertz CT molecular complexity index is 742. The van der Waals surface area contributed by atoms with Crippen LogP contribution >= 0.6 is 12.6 Å². The third kappa shape index (κ3) is 8.61. The maximum absolute atomic E-state index is 12.1. The number of amides is 3. The molecule has 0 aliphatic rings. The highest BCUT2D eigenvalue weighted by Gasteiger charge is 2.27. The van der Waals surface area contributed by atoms with Crippen LogP contribution in [0.4, 0.5) is 0 Å². The van der Waals surface area contributed by atoms with Crippen LogP contribution in [-0.2, 0) is 30.4 Å². The first kappa shape index (κ1) is 23.9. The topological polar surface area (TPSA) is 217 Å². The van der Waals surface area contributed by atoms with Gasteiger partial charge in [-0.2, -0.15) is 12.6 Å². The quantitative estimate of drug-likeness (QED) is 0.157. The number of aromatic nitrogens is 2. The van der Waals surface area contributed by atoms with E-state index in [1.807, 2.05) is 0 Å². The smallest absolute Gasteiger partial charge is 0.326 e. The van der Waals surface area contributed by atoms with Crippen LogP contribution in [0, 0.1) is 0 Å². The van der Waals surface area contributed by atoms with Crippen molar-refractivity contribution in [2.45, 2.75) is 31.0 Å². The van der Waals surface area contributed by atoms with Gasteiger partial charge >= 0.3 is 11.9 Å². The van der Waals surface area contributed by atoms with E-state index < -0.39 is 60.8 Å². The van der Waals surface area contributed by atoms with E-state index in [1.54, 1.807) is 0 Å². The Hall–Kier alpha value is -3.13. The fourth-order valence-electron chi connectivity index (χ4n) is 2.10. The summed E-state index contributed by atoms with van der Waals surface area (Å²) in [7, 11) is 0. The molecule has 3 atom stereocenters. The Balaban J connectivity index is 2.62. The average Bonchev–Trinajstić information content (AvgIpc) is 3.16. The van der Waals surface area contributed by atoms with Gasteiger partial charge in [0.05, 0.1) is 25.3 Å². The van der Waals surface area contributed by atoms with Crippen molar-refractivity contribution in [2.75, 3.05) is 12.3 Å². The van der Waals surface area contributed by atoms with Gasteiger partial charge in [0.2, 0.25) is 17.7 Å². The Morgan fingerprint density at radius 2 is 1.83 bits per heavy atom. The van der Waals surface area contributed by atoms with Crippen LogP contribution in [-0.4, -0.2) is 80.3 Å². The number of aromatic amines is 1. The van der Waals surface area contributed by atoms with Gasteiger partial charge < -0.3 is 36.9 Å². The van der Waals surface area contributed by atoms with Crippen molar-refractivity contribution in [3.05, 3.63) is 18.2 Å². The lowest BCUT2D eigenvalue weighted by Gasteiger charge is -2.19. The van der Waals surface area contributed by atoms with Crippen LogP contribution in [0.2, 0.25) is 0 Å². The van der Waals surface area contributed by atoms with Crippen molar-refractivity contribution >= 4 is 42.3 Å². The molecule has 0 aliphatic carbocycles. The SMILES string of the molecule is NC(CS)C(=O)NC(CC(=O)O)C(=O)NCC(=O)NC(Cc1cnc[nH]1)C(=O)O. The number of hydrogen-bond acceptors (Lipinski definition) is 8. The number of nitrogens with zero attached hydrogens (tertiary/aromatic N) is 1. The van der Waals surface area contributed by atoms with Gasteiger partial charge in [-0.3, -0.25) is 19.2 Å². The molecule has 0 aliphatic heterocycles. The number of nitrogens with one attached hydrogen (secondary N) is 4. The Morgan fingerprint density at radius 1 is 1.14 bits per heavy atom. The van der Waals surface area contributed by atoms with Gasteiger partial charge in [-0.1, -0.05) is 0 Å². The number of rotatable bonds is 12. The minimum atomic E-state index is -1.47. The normalized spacial score (nSPS) is 13.6. The first-order valence-corrected chi connectivity index (χ1v) is 8.93. The summed E-state index contributed by atoms with van der Waals surface area (Å²) in [5.41, 5.74) is 5.94. The minimum Gasteiger partial charge on any atom is -0.481 e. The number of aliphatic carboxylic acids is 2. The largest absolute Gasteiger partial charge is 0.481 e. The summed E-state index contributed by atoms with van der Waals surface area (Å²) in [6, 6.07) is -3.80. The highest BCUT2D eigenvalue weighted by Crippen LogP contribution is 1.99. The van der Waals surface area contributed by atoms with E-state index in [0.29, 0.717) is 5.69 Å². The molecule has 14 heteroatoms. The molecule has 1 rings (SSSR count). The molecule has 0 radical (unpaired) electrons. The van der Waals surface area contributed by atoms with Crippen molar-refractivity contribution in [1.82, 2.24) is 25.9 Å². The summed E-state index contributed by atoms with van der Waals surface area (Å²) in [5.74, 6) is -5.23. The predicted octanol–water partition coefficient (Wildman–Crippen LogP) is -3.15. The van der Waals surface area contributed by atoms with E-state index >= 15 is 0 Å². The predicted molar refractivity (Wildman–Crippen MR) is 101 cm³/mol. The number of thiol groups is 1. The molecule has 13 nitrogen and oxygen atoms in total. The first-order valence-electron chi connectivity index (χ1n) is 8.29. The Kier molecular flexibility index (Phi) is 9.61. The summed E-state index contributed by atoms with van der Waals surface area (Å²) in [6.45, 7) is -0.629. The molecule has 1 aromatic heterocycles. The van der Waals surface area contributed by atoms with E-state index in [2.05, 4.69) is 38.5 Å². The molecular formula is C15H22N6O7S. The second-order valence-electron chi connectivity index (χ2n) is 5.91. The summed E-state index contributed by atoms with van der Waals surface area (Å²) < 4.78 is 0. The Labute approximate surface area is 170 Å². The second kappa shape index (κ2) is 11.7. The number of imidazole rings is 1. The van der Waals surface area contributed by atoms with Crippen molar-refractivity contribution in [3.63, 3.8) is 0 Å². The first-order chi connectivity index (χ1) is 13.6. The van der Waals surface area contributed by atoms with E-state index in [1.165, 1.54) is 12.5 Å². The van der Waals surface area contributed by atoms with E-state index in [4.69, 9.17) is 10.8 Å². The summed E-state index contributed by atoms with van der Waals surface area (Å²) in [6.07, 6.45) is 1.95. The molecule has 0 spiro atoms. The van der Waals surface area contributed by atoms with Gasteiger partial charge in [0.25, 0.3) is 0 Å². The molecule has 160 valence electrons. The second-order valence-corrected chi connectivity index (χ2v) is 6.27. The van der Waals surface area contributed by atoms with Crippen molar-refractivity contribution in [2.24, 2.45) is 5.73 Å². The molecule has 3 amide bonds. The van der Waals surface area contributed by atoms with Crippen LogP contribution in [0.1, 0.15) is 12.1 Å². The van der Waals surface area contributed by atoms with Crippen molar-refractivity contribution in [3.8, 4) is 0 Å². The fraction of sp³-hybridized carbons (Fsp3) is 0.467. The summed E-state index contributed by atoms with van der Waals surface area (Å²) >= 11 is 3.84. The van der Waals surface area contributed by atoms with Gasteiger partial charge in [-0.15, -0.1) is 0 Å². The molecule has 0 aromatic carbocycles. The van der Waals surface area contributed by atoms with Gasteiger partial charge in [0, 0.05) is 24.1 Å². The molecule has 0 bridgehead atoms. The lowest BCUT2D eigenvalue weighted by Crippen LogP contribution is -2.54. The highest BCUT2D eigenvalue weighted by atomic mass is 32.1. The maximum Gasteiger partial charge on any atom is 0.326 e. The van der Waals surface area contributed by atoms with Crippen LogP contribution in [0.3, 0.4) is 0 Å². The third-order valence-electron chi connectivity index (χ3n) is 3.58.